The van der Waals surface area contributed by atoms with Crippen molar-refractivity contribution in [1.82, 2.24) is 0 Å². The van der Waals surface area contributed by atoms with Crippen molar-refractivity contribution in [2.75, 3.05) is 5.73 Å². The Labute approximate surface area is 87.7 Å². The van der Waals surface area contributed by atoms with Crippen LogP contribution in [0.25, 0.3) is 0 Å². The van der Waals surface area contributed by atoms with E-state index >= 15 is 0 Å². The molecule has 0 unspecified atom stereocenters. The van der Waals surface area contributed by atoms with Crippen molar-refractivity contribution < 1.29 is 9.84 Å². The largest absolute Gasteiger partial charge is 0.457 e. The molecule has 2 rings (SSSR count). The molecule has 2 N–H and O–H groups in total. The van der Waals surface area contributed by atoms with Crippen LogP contribution in [0.5, 0.6) is 17.2 Å². The first-order valence-electron chi connectivity index (χ1n) is 4.54. The smallest absolute Gasteiger partial charge is 0.178 e. The summed E-state index contributed by atoms with van der Waals surface area (Å²) in [5.41, 5.74) is 6.23. The Kier molecular flexibility index (Phi) is 2.46. The molecule has 0 spiro atoms. The first kappa shape index (κ1) is 9.40. The third kappa shape index (κ3) is 2.40. The molecule has 0 aromatic heterocycles. The highest BCUT2D eigenvalue weighted by molar-refractivity contribution is 5.43. The molecule has 0 amide bonds. The third-order valence-electron chi connectivity index (χ3n) is 1.94. The molecule has 0 saturated carbocycles. The SMILES string of the molecule is Nc1ccc(Oc2ccc([O])cc2)cc1. The molecule has 0 aliphatic heterocycles. The predicted molar refractivity (Wildman–Crippen MR) is 57.5 cm³/mol. The Hall–Kier alpha value is -2.16. The lowest BCUT2D eigenvalue weighted by Gasteiger charge is -2.05. The molecule has 2 aromatic rings. The van der Waals surface area contributed by atoms with Crippen molar-refractivity contribution in [2.45, 2.75) is 0 Å². The number of nitrogen functional groups attached to an aromatic ring is 1. The van der Waals surface area contributed by atoms with E-state index in [1.165, 1.54) is 12.1 Å². The number of hydrogen-bond donors (Lipinski definition) is 1. The van der Waals surface area contributed by atoms with Gasteiger partial charge < -0.3 is 10.5 Å². The van der Waals surface area contributed by atoms with Gasteiger partial charge >= 0.3 is 0 Å². The van der Waals surface area contributed by atoms with E-state index in [9.17, 15) is 5.11 Å². The van der Waals surface area contributed by atoms with Crippen LogP contribution in [0.4, 0.5) is 5.69 Å². The second kappa shape index (κ2) is 3.92. The summed E-state index contributed by atoms with van der Waals surface area (Å²) in [4.78, 5) is 0. The highest BCUT2D eigenvalue weighted by Gasteiger charge is 1.97. The van der Waals surface area contributed by atoms with Gasteiger partial charge in [0.1, 0.15) is 11.5 Å². The van der Waals surface area contributed by atoms with Gasteiger partial charge in [0.15, 0.2) is 5.75 Å². The number of anilines is 1. The Bertz CT molecular complexity index is 391. The monoisotopic (exact) mass is 200 g/mol. The molecule has 75 valence electrons. The number of ether oxygens (including phenoxy) is 1. The quantitative estimate of drug-likeness (QED) is 0.757. The van der Waals surface area contributed by atoms with E-state index in [0.29, 0.717) is 17.2 Å². The predicted octanol–water partition coefficient (Wildman–Crippen LogP) is 3.20. The molecule has 0 atom stereocenters. The van der Waals surface area contributed by atoms with E-state index < -0.39 is 0 Å². The molecular formula is C12H10NO2. The maximum absolute atomic E-state index is 10.8. The second-order valence-corrected chi connectivity index (χ2v) is 3.14. The minimum Gasteiger partial charge on any atom is -0.457 e. The van der Waals surface area contributed by atoms with Gasteiger partial charge in [0.25, 0.3) is 0 Å². The molecule has 3 heteroatoms. The van der Waals surface area contributed by atoms with Crippen LogP contribution in [0.15, 0.2) is 48.5 Å². The fraction of sp³-hybridized carbons (Fsp3) is 0. The van der Waals surface area contributed by atoms with Gasteiger partial charge in [-0.05, 0) is 48.5 Å². The highest BCUT2D eigenvalue weighted by Crippen LogP contribution is 2.23. The van der Waals surface area contributed by atoms with Crippen LogP contribution in [-0.4, -0.2) is 0 Å². The average molecular weight is 200 g/mol. The zero-order valence-corrected chi connectivity index (χ0v) is 8.01. The van der Waals surface area contributed by atoms with Gasteiger partial charge in [-0.3, -0.25) is 5.11 Å². The first-order chi connectivity index (χ1) is 7.24. The average Bonchev–Trinajstić information content (AvgIpc) is 2.25. The normalized spacial score (nSPS) is 9.87. The van der Waals surface area contributed by atoms with Crippen molar-refractivity contribution >= 4 is 5.69 Å². The van der Waals surface area contributed by atoms with Crippen LogP contribution in [0.3, 0.4) is 0 Å². The van der Waals surface area contributed by atoms with Crippen LogP contribution in [0, 0.1) is 0 Å². The van der Waals surface area contributed by atoms with Crippen LogP contribution < -0.4 is 10.5 Å². The van der Waals surface area contributed by atoms with Gasteiger partial charge in [0.05, 0.1) is 0 Å². The lowest BCUT2D eigenvalue weighted by molar-refractivity contribution is 0.354. The van der Waals surface area contributed by atoms with Gasteiger partial charge in [-0.15, -0.1) is 0 Å². The summed E-state index contributed by atoms with van der Waals surface area (Å²) in [6.45, 7) is 0. The Morgan fingerprint density at radius 1 is 0.800 bits per heavy atom. The second-order valence-electron chi connectivity index (χ2n) is 3.14. The molecule has 0 fully saturated rings. The van der Waals surface area contributed by atoms with E-state index in [0.717, 1.165) is 0 Å². The Morgan fingerprint density at radius 2 is 1.27 bits per heavy atom. The molecule has 0 saturated heterocycles. The standard InChI is InChI=1S/C12H10NO2/c13-9-1-5-11(6-2-9)15-12-7-3-10(14)4-8-12/h1-8H,13H2. The third-order valence-corrected chi connectivity index (χ3v) is 1.94. The molecule has 15 heavy (non-hydrogen) atoms. The summed E-state index contributed by atoms with van der Waals surface area (Å²) in [5, 5.41) is 10.8. The molecular weight excluding hydrogens is 190 g/mol. The summed E-state index contributed by atoms with van der Waals surface area (Å²) in [7, 11) is 0. The molecule has 0 heterocycles. The van der Waals surface area contributed by atoms with E-state index in [1.54, 1.807) is 36.4 Å². The molecule has 3 nitrogen and oxygen atoms in total. The van der Waals surface area contributed by atoms with Gasteiger partial charge in [-0.25, -0.2) is 0 Å². The number of rotatable bonds is 2. The highest BCUT2D eigenvalue weighted by atomic mass is 16.5. The minimum absolute atomic E-state index is 0.0281. The molecule has 0 bridgehead atoms. The first-order valence-corrected chi connectivity index (χ1v) is 4.54. The maximum atomic E-state index is 10.8. The molecule has 1 radical (unpaired) electrons. The van der Waals surface area contributed by atoms with Crippen molar-refractivity contribution in [2.24, 2.45) is 0 Å². The zero-order valence-electron chi connectivity index (χ0n) is 8.01. The van der Waals surface area contributed by atoms with E-state index in [2.05, 4.69) is 0 Å². The van der Waals surface area contributed by atoms with E-state index in [4.69, 9.17) is 10.5 Å². The number of benzene rings is 2. The number of hydrogen-bond acceptors (Lipinski definition) is 2. The zero-order chi connectivity index (χ0) is 10.7. The number of nitrogens with two attached hydrogens (primary N) is 1. The van der Waals surface area contributed by atoms with Crippen molar-refractivity contribution in [1.29, 1.82) is 0 Å². The van der Waals surface area contributed by atoms with Crippen molar-refractivity contribution in [3.05, 3.63) is 48.5 Å². The summed E-state index contributed by atoms with van der Waals surface area (Å²) < 4.78 is 5.49. The van der Waals surface area contributed by atoms with Crippen LogP contribution in [0.1, 0.15) is 0 Å². The fourth-order valence-corrected chi connectivity index (χ4v) is 1.18. The van der Waals surface area contributed by atoms with Crippen LogP contribution in [-0.2, 0) is 5.11 Å². The molecule has 0 aliphatic carbocycles. The molecule has 0 aliphatic rings. The van der Waals surface area contributed by atoms with Crippen molar-refractivity contribution in [3.63, 3.8) is 0 Å². The fourth-order valence-electron chi connectivity index (χ4n) is 1.18. The summed E-state index contributed by atoms with van der Waals surface area (Å²) in [5.74, 6) is 1.31. The van der Waals surface area contributed by atoms with Gasteiger partial charge in [0, 0.05) is 5.69 Å². The summed E-state index contributed by atoms with van der Waals surface area (Å²) >= 11 is 0. The van der Waals surface area contributed by atoms with E-state index in [1.807, 2.05) is 0 Å². The molecule has 2 aromatic carbocycles. The van der Waals surface area contributed by atoms with E-state index in [-0.39, 0.29) is 5.75 Å². The minimum atomic E-state index is -0.0281. The van der Waals surface area contributed by atoms with Crippen LogP contribution >= 0.6 is 0 Å². The lowest BCUT2D eigenvalue weighted by Crippen LogP contribution is -1.86. The van der Waals surface area contributed by atoms with Crippen LogP contribution in [0.2, 0.25) is 0 Å². The van der Waals surface area contributed by atoms with Gasteiger partial charge in [-0.1, -0.05) is 0 Å². The van der Waals surface area contributed by atoms with Gasteiger partial charge in [0.2, 0.25) is 0 Å². The van der Waals surface area contributed by atoms with Crippen molar-refractivity contribution in [3.8, 4) is 17.2 Å². The Morgan fingerprint density at radius 3 is 1.80 bits per heavy atom. The Balaban J connectivity index is 2.15. The van der Waals surface area contributed by atoms with Gasteiger partial charge in [-0.2, -0.15) is 0 Å². The lowest BCUT2D eigenvalue weighted by atomic mass is 10.3. The maximum Gasteiger partial charge on any atom is 0.178 e. The summed E-state index contributed by atoms with van der Waals surface area (Å²) in [6.07, 6.45) is 0. The topological polar surface area (TPSA) is 55.1 Å². The summed E-state index contributed by atoms with van der Waals surface area (Å²) in [6, 6.07) is 13.3.